The number of hydrogen-bond donors (Lipinski definition) is 0. The van der Waals surface area contributed by atoms with Crippen molar-refractivity contribution in [1.82, 2.24) is 0 Å². The summed E-state index contributed by atoms with van der Waals surface area (Å²) >= 11 is 0. The van der Waals surface area contributed by atoms with Crippen LogP contribution in [0.15, 0.2) is 36.4 Å². The van der Waals surface area contributed by atoms with Crippen molar-refractivity contribution in [3.8, 4) is 5.75 Å². The fourth-order valence-electron chi connectivity index (χ4n) is 2.76. The Balaban J connectivity index is 3.23. The van der Waals surface area contributed by atoms with E-state index >= 15 is 0 Å². The highest BCUT2D eigenvalue weighted by atomic mass is 28.4. The van der Waals surface area contributed by atoms with Gasteiger partial charge in [0.25, 0.3) is 5.60 Å². The molecule has 1 aromatic carbocycles. The van der Waals surface area contributed by atoms with Crippen LogP contribution >= 0.6 is 0 Å². The van der Waals surface area contributed by atoms with Crippen LogP contribution in [-0.4, -0.2) is 55.1 Å². The molecule has 182 valence electrons. The minimum absolute atomic E-state index is 0.000132. The Morgan fingerprint density at radius 1 is 0.938 bits per heavy atom. The van der Waals surface area contributed by atoms with Crippen LogP contribution in [0.1, 0.15) is 18.9 Å². The fraction of sp³-hybridized carbons (Fsp3) is 0.526. The predicted octanol–water partition coefficient (Wildman–Crippen LogP) is 4.77. The van der Waals surface area contributed by atoms with Crippen molar-refractivity contribution < 1.29 is 53.9 Å². The van der Waals surface area contributed by atoms with E-state index < -0.39 is 44.9 Å². The van der Waals surface area contributed by atoms with Gasteiger partial charge in [-0.2, -0.15) is 26.3 Å². The number of halogens is 6. The van der Waals surface area contributed by atoms with E-state index in [-0.39, 0.29) is 23.8 Å². The van der Waals surface area contributed by atoms with Gasteiger partial charge in [0.05, 0.1) is 0 Å². The molecule has 0 aliphatic heterocycles. The van der Waals surface area contributed by atoms with Crippen molar-refractivity contribution in [2.45, 2.75) is 37.3 Å². The summed E-state index contributed by atoms with van der Waals surface area (Å²) in [5.74, 6) is -1.13. The van der Waals surface area contributed by atoms with Crippen LogP contribution in [0.2, 0.25) is 6.04 Å². The molecular weight excluding hydrogens is 466 g/mol. The van der Waals surface area contributed by atoms with Crippen molar-refractivity contribution in [2.75, 3.05) is 27.9 Å². The zero-order chi connectivity index (χ0) is 24.8. The topological polar surface area (TPSA) is 63.2 Å². The second-order valence-corrected chi connectivity index (χ2v) is 9.71. The Hall–Kier alpha value is -1.93. The van der Waals surface area contributed by atoms with Crippen LogP contribution in [0, 0.1) is 0 Å². The molecule has 0 fully saturated rings. The fourth-order valence-corrected chi connectivity index (χ4v) is 4.45. The van der Waals surface area contributed by atoms with Gasteiger partial charge in [0.15, 0.2) is 0 Å². The molecule has 0 amide bonds. The lowest BCUT2D eigenvalue weighted by Crippen LogP contribution is -2.56. The molecule has 0 N–H and O–H groups in total. The van der Waals surface area contributed by atoms with E-state index in [2.05, 4.69) is 11.3 Å². The molecule has 0 saturated carbocycles. The van der Waals surface area contributed by atoms with Gasteiger partial charge in [0.2, 0.25) is 0 Å². The second-order valence-electron chi connectivity index (χ2n) is 6.62. The molecule has 1 aromatic rings. The van der Waals surface area contributed by atoms with Gasteiger partial charge in [-0.15, -0.1) is 0 Å². The number of ether oxygens (including phenoxy) is 2. The number of alkyl halides is 6. The summed E-state index contributed by atoms with van der Waals surface area (Å²) in [5, 5.41) is 0. The summed E-state index contributed by atoms with van der Waals surface area (Å²) in [7, 11) is 0.570. The molecule has 32 heavy (non-hydrogen) atoms. The summed E-state index contributed by atoms with van der Waals surface area (Å²) < 4.78 is 108. The molecule has 0 atom stereocenters. The minimum atomic E-state index is -5.85. The molecule has 0 heterocycles. The highest BCUT2D eigenvalue weighted by molar-refractivity contribution is 6.60. The summed E-state index contributed by atoms with van der Waals surface area (Å²) in [6.45, 7) is 3.74. The summed E-state index contributed by atoms with van der Waals surface area (Å²) in [5.41, 5.74) is -5.82. The third-order valence-corrected chi connectivity index (χ3v) is 7.33. The number of hydrogen-bond acceptors (Lipinski definition) is 6. The third kappa shape index (κ3) is 6.10. The smallest absolute Gasteiger partial charge is 0.423 e. The van der Waals surface area contributed by atoms with Crippen LogP contribution < -0.4 is 4.74 Å². The van der Waals surface area contributed by atoms with Crippen molar-refractivity contribution in [3.05, 3.63) is 42.0 Å². The van der Waals surface area contributed by atoms with Crippen LogP contribution in [0.5, 0.6) is 5.75 Å². The molecule has 6 nitrogen and oxygen atoms in total. The first kappa shape index (κ1) is 28.1. The molecule has 0 radical (unpaired) electrons. The molecular formula is C19H24F6O6Si. The van der Waals surface area contributed by atoms with E-state index in [9.17, 15) is 31.1 Å². The molecule has 13 heteroatoms. The number of rotatable bonds is 11. The molecule has 0 aliphatic rings. The average molecular weight is 490 g/mol. The van der Waals surface area contributed by atoms with Crippen molar-refractivity contribution in [1.29, 1.82) is 0 Å². The summed E-state index contributed by atoms with van der Waals surface area (Å²) in [6.07, 6.45) is -12.0. The highest BCUT2D eigenvalue weighted by Gasteiger charge is 2.73. The number of esters is 1. The molecule has 0 bridgehead atoms. The van der Waals surface area contributed by atoms with Gasteiger partial charge >= 0.3 is 27.1 Å². The zero-order valence-corrected chi connectivity index (χ0v) is 18.9. The first-order valence-electron chi connectivity index (χ1n) is 9.10. The van der Waals surface area contributed by atoms with Gasteiger partial charge in [-0.05, 0) is 25.5 Å². The normalized spacial score (nSPS) is 13.2. The number of carbonyl (C=O) groups excluding carboxylic acids is 1. The monoisotopic (exact) mass is 490 g/mol. The summed E-state index contributed by atoms with van der Waals surface area (Å²) in [6, 6.07) is 2.63. The second kappa shape index (κ2) is 10.8. The molecule has 0 aromatic heterocycles. The molecule has 0 spiro atoms. The van der Waals surface area contributed by atoms with Crippen LogP contribution in [-0.2, 0) is 28.4 Å². The number of benzene rings is 1. The largest absolute Gasteiger partial charge is 0.500 e. The SMILES string of the molecule is C=C(C)C(=O)Oc1ccc(C(OCCC[Si](OC)(OC)OC)(C(F)(F)F)C(F)(F)F)cc1. The van der Waals surface area contributed by atoms with E-state index in [0.717, 1.165) is 12.1 Å². The molecule has 0 unspecified atom stereocenters. The summed E-state index contributed by atoms with van der Waals surface area (Å²) in [4.78, 5) is 11.5. The standard InChI is InChI=1S/C19H24F6O6Si/c1-13(2)16(26)31-15-9-7-14(8-10-15)17(18(20,21)22,19(23,24)25)30-11-6-12-32(27-3,28-4)29-5/h7-10H,1,6,11-12H2,2-5H3. The highest BCUT2D eigenvalue weighted by Crippen LogP contribution is 2.53. The Bertz CT molecular complexity index is 752. The van der Waals surface area contributed by atoms with E-state index in [1.54, 1.807) is 0 Å². The van der Waals surface area contributed by atoms with Gasteiger partial charge < -0.3 is 22.8 Å². The van der Waals surface area contributed by atoms with Crippen molar-refractivity contribution >= 4 is 14.8 Å². The van der Waals surface area contributed by atoms with Gasteiger partial charge in [0, 0.05) is 45.1 Å². The van der Waals surface area contributed by atoms with Gasteiger partial charge in [0.1, 0.15) is 5.75 Å². The average Bonchev–Trinajstić information content (AvgIpc) is 2.70. The van der Waals surface area contributed by atoms with Gasteiger partial charge in [-0.25, -0.2) is 4.79 Å². The van der Waals surface area contributed by atoms with Crippen LogP contribution in [0.25, 0.3) is 0 Å². The molecule has 0 aliphatic carbocycles. The quantitative estimate of drug-likeness (QED) is 0.111. The molecule has 0 saturated heterocycles. The number of carbonyl (C=O) groups is 1. The Kier molecular flexibility index (Phi) is 9.47. The first-order chi connectivity index (χ1) is 14.7. The van der Waals surface area contributed by atoms with E-state index in [1.165, 1.54) is 28.3 Å². The van der Waals surface area contributed by atoms with Crippen LogP contribution in [0.3, 0.4) is 0 Å². The van der Waals surface area contributed by atoms with E-state index in [0.29, 0.717) is 12.1 Å². The van der Waals surface area contributed by atoms with Gasteiger partial charge in [-0.3, -0.25) is 0 Å². The maximum absolute atomic E-state index is 13.8. The van der Waals surface area contributed by atoms with Crippen molar-refractivity contribution in [3.63, 3.8) is 0 Å². The maximum Gasteiger partial charge on any atom is 0.500 e. The lowest BCUT2D eigenvalue weighted by atomic mass is 9.91. The Morgan fingerprint density at radius 2 is 1.41 bits per heavy atom. The molecule has 1 rings (SSSR count). The zero-order valence-electron chi connectivity index (χ0n) is 17.9. The van der Waals surface area contributed by atoms with E-state index in [1.807, 2.05) is 0 Å². The maximum atomic E-state index is 13.8. The van der Waals surface area contributed by atoms with E-state index in [4.69, 9.17) is 18.0 Å². The Labute approximate surface area is 182 Å². The van der Waals surface area contributed by atoms with Crippen molar-refractivity contribution in [2.24, 2.45) is 0 Å². The van der Waals surface area contributed by atoms with Crippen LogP contribution in [0.4, 0.5) is 26.3 Å². The minimum Gasteiger partial charge on any atom is -0.423 e. The van der Waals surface area contributed by atoms with Gasteiger partial charge in [-0.1, -0.05) is 18.7 Å². The Morgan fingerprint density at radius 3 is 1.78 bits per heavy atom. The first-order valence-corrected chi connectivity index (χ1v) is 11.0. The third-order valence-electron chi connectivity index (χ3n) is 4.50. The lowest BCUT2D eigenvalue weighted by Gasteiger charge is -2.37. The predicted molar refractivity (Wildman–Crippen MR) is 103 cm³/mol. The lowest BCUT2D eigenvalue weighted by molar-refractivity contribution is -0.389.